The number of piperazine rings is 1. The lowest BCUT2D eigenvalue weighted by Gasteiger charge is -2.57. The van der Waals surface area contributed by atoms with Gasteiger partial charge < -0.3 is 19.3 Å². The maximum absolute atomic E-state index is 13.7. The van der Waals surface area contributed by atoms with E-state index in [1.165, 1.54) is 0 Å². The van der Waals surface area contributed by atoms with Crippen molar-refractivity contribution in [2.75, 3.05) is 57.4 Å². The van der Waals surface area contributed by atoms with Crippen LogP contribution < -0.4 is 9.64 Å². The monoisotopic (exact) mass is 589 g/mol. The standard InChI is InChI=1S/C34H35N7O3/c35-18-25-20-37-40-23-29(44-15-12-38-10-13-43-14-11-38)17-30(32(25)40)24-6-7-31(36-19-24)39-21-27-16-28(22-39)41(27)33(42)34(8-9-34)26-4-2-1-3-5-26/h1-7,17,19-20,23,27-28H,8-16,21-22H2. The van der Waals surface area contributed by atoms with Crippen LogP contribution in [0.3, 0.4) is 0 Å². The fourth-order valence-corrected chi connectivity index (χ4v) is 7.21. The van der Waals surface area contributed by atoms with E-state index in [1.807, 2.05) is 42.7 Å². The molecule has 5 aliphatic rings. The molecule has 2 bridgehead atoms. The summed E-state index contributed by atoms with van der Waals surface area (Å²) in [6.45, 7) is 6.30. The van der Waals surface area contributed by atoms with E-state index in [-0.39, 0.29) is 17.5 Å². The van der Waals surface area contributed by atoms with Gasteiger partial charge in [-0.15, -0.1) is 0 Å². The maximum Gasteiger partial charge on any atom is 0.233 e. The van der Waals surface area contributed by atoms with Gasteiger partial charge in [0.1, 0.15) is 24.2 Å². The third-order valence-corrected chi connectivity index (χ3v) is 9.78. The van der Waals surface area contributed by atoms with Crippen molar-refractivity contribution in [3.8, 4) is 22.9 Å². The Morgan fingerprint density at radius 3 is 2.57 bits per heavy atom. The number of aromatic nitrogens is 3. The number of pyridine rings is 2. The van der Waals surface area contributed by atoms with Gasteiger partial charge in [-0.3, -0.25) is 9.69 Å². The number of hydrogen-bond donors (Lipinski definition) is 0. The van der Waals surface area contributed by atoms with Crippen molar-refractivity contribution in [3.63, 3.8) is 0 Å². The number of morpholine rings is 1. The number of benzene rings is 1. The van der Waals surface area contributed by atoms with Crippen LogP contribution in [0.25, 0.3) is 16.6 Å². The molecule has 10 nitrogen and oxygen atoms in total. The minimum atomic E-state index is -0.317. The topological polar surface area (TPSA) is 99.2 Å². The van der Waals surface area contributed by atoms with Gasteiger partial charge in [-0.1, -0.05) is 30.3 Å². The first-order valence-corrected chi connectivity index (χ1v) is 15.6. The van der Waals surface area contributed by atoms with Crippen molar-refractivity contribution in [2.45, 2.75) is 36.8 Å². The highest BCUT2D eigenvalue weighted by molar-refractivity contribution is 5.92. The highest BCUT2D eigenvalue weighted by Gasteiger charge is 2.58. The number of amides is 1. The van der Waals surface area contributed by atoms with Crippen LogP contribution in [0.1, 0.15) is 30.4 Å². The fraction of sp³-hybridized carbons (Fsp3) is 0.412. The Kier molecular flexibility index (Phi) is 6.73. The number of anilines is 1. The summed E-state index contributed by atoms with van der Waals surface area (Å²) >= 11 is 0. The minimum Gasteiger partial charge on any atom is -0.491 e. The van der Waals surface area contributed by atoms with E-state index in [1.54, 1.807) is 10.7 Å². The first kappa shape index (κ1) is 27.1. The Morgan fingerprint density at radius 1 is 1.07 bits per heavy atom. The largest absolute Gasteiger partial charge is 0.491 e. The zero-order valence-corrected chi connectivity index (χ0v) is 24.6. The molecular formula is C34H35N7O3. The van der Waals surface area contributed by atoms with Crippen molar-refractivity contribution in [1.82, 2.24) is 24.4 Å². The molecule has 3 aromatic heterocycles. The van der Waals surface area contributed by atoms with E-state index in [4.69, 9.17) is 14.5 Å². The van der Waals surface area contributed by atoms with Gasteiger partial charge >= 0.3 is 0 Å². The van der Waals surface area contributed by atoms with Gasteiger partial charge in [0.05, 0.1) is 54.2 Å². The van der Waals surface area contributed by atoms with E-state index >= 15 is 0 Å². The molecule has 44 heavy (non-hydrogen) atoms. The molecule has 0 radical (unpaired) electrons. The van der Waals surface area contributed by atoms with Crippen LogP contribution in [0, 0.1) is 11.3 Å². The summed E-state index contributed by atoms with van der Waals surface area (Å²) < 4.78 is 13.3. The molecule has 9 rings (SSSR count). The summed E-state index contributed by atoms with van der Waals surface area (Å²) in [6, 6.07) is 19.1. The first-order chi connectivity index (χ1) is 21.6. The molecule has 2 unspecified atom stereocenters. The van der Waals surface area contributed by atoms with Gasteiger partial charge in [-0.2, -0.15) is 10.4 Å². The van der Waals surface area contributed by atoms with Crippen LogP contribution in [0.5, 0.6) is 5.75 Å². The molecule has 7 heterocycles. The predicted molar refractivity (Wildman–Crippen MR) is 164 cm³/mol. The number of carbonyl (C=O) groups excluding carboxylic acids is 1. The molecule has 0 spiro atoms. The van der Waals surface area contributed by atoms with Crippen LogP contribution in [0.2, 0.25) is 0 Å². The van der Waals surface area contributed by atoms with Crippen LogP contribution in [-0.4, -0.2) is 94.9 Å². The summed E-state index contributed by atoms with van der Waals surface area (Å²) in [4.78, 5) is 25.4. The number of hydrogen-bond acceptors (Lipinski definition) is 8. The van der Waals surface area contributed by atoms with Crippen LogP contribution >= 0.6 is 0 Å². The van der Waals surface area contributed by atoms with E-state index in [0.717, 1.165) is 93.2 Å². The predicted octanol–water partition coefficient (Wildman–Crippen LogP) is 3.50. The molecule has 1 aliphatic carbocycles. The highest BCUT2D eigenvalue weighted by atomic mass is 16.5. The fourth-order valence-electron chi connectivity index (χ4n) is 7.21. The Bertz CT molecular complexity index is 1710. The lowest BCUT2D eigenvalue weighted by molar-refractivity contribution is -0.149. The average molecular weight is 590 g/mol. The molecule has 5 fully saturated rings. The van der Waals surface area contributed by atoms with E-state index in [9.17, 15) is 10.1 Å². The Labute approximate surface area is 256 Å². The molecule has 4 aromatic rings. The number of piperidine rings is 1. The zero-order valence-electron chi connectivity index (χ0n) is 24.6. The third-order valence-electron chi connectivity index (χ3n) is 9.78. The quantitative estimate of drug-likeness (QED) is 0.308. The molecule has 4 aliphatic heterocycles. The van der Waals surface area contributed by atoms with Crippen molar-refractivity contribution in [1.29, 1.82) is 5.26 Å². The maximum atomic E-state index is 13.7. The Morgan fingerprint density at radius 2 is 1.86 bits per heavy atom. The summed E-state index contributed by atoms with van der Waals surface area (Å²) in [5, 5.41) is 14.2. The van der Waals surface area contributed by atoms with Gasteiger partial charge in [0.25, 0.3) is 0 Å². The molecule has 224 valence electrons. The summed E-state index contributed by atoms with van der Waals surface area (Å²) in [5.41, 5.74) is 3.84. The van der Waals surface area contributed by atoms with E-state index < -0.39 is 0 Å². The summed E-state index contributed by atoms with van der Waals surface area (Å²) in [6.07, 6.45) is 8.23. The van der Waals surface area contributed by atoms with Gasteiger partial charge in [-0.25, -0.2) is 9.50 Å². The van der Waals surface area contributed by atoms with Crippen molar-refractivity contribution in [2.24, 2.45) is 0 Å². The molecule has 0 N–H and O–H groups in total. The van der Waals surface area contributed by atoms with Crippen molar-refractivity contribution < 1.29 is 14.3 Å². The summed E-state index contributed by atoms with van der Waals surface area (Å²) in [7, 11) is 0. The van der Waals surface area contributed by atoms with Gasteiger partial charge in [-0.05, 0) is 43.0 Å². The smallest absolute Gasteiger partial charge is 0.233 e. The number of ether oxygens (including phenoxy) is 2. The summed E-state index contributed by atoms with van der Waals surface area (Å²) in [5.74, 6) is 1.91. The molecule has 4 saturated heterocycles. The second kappa shape index (κ2) is 10.9. The minimum absolute atomic E-state index is 0.222. The SMILES string of the molecule is N#Cc1cnn2cc(OCCN3CCOCC3)cc(-c3ccc(N4CC5CC(C4)N5C(=O)C4(c5ccccc5)CC4)nc3)c12. The van der Waals surface area contributed by atoms with Crippen molar-refractivity contribution >= 4 is 17.2 Å². The number of rotatable bonds is 8. The lowest BCUT2D eigenvalue weighted by Crippen LogP contribution is -2.71. The number of nitriles is 1. The Balaban J connectivity index is 0.980. The van der Waals surface area contributed by atoms with Gasteiger partial charge in [0, 0.05) is 50.0 Å². The molecule has 1 amide bonds. The average Bonchev–Trinajstić information content (AvgIpc) is 3.79. The molecule has 10 heteroatoms. The van der Waals surface area contributed by atoms with Crippen LogP contribution in [0.4, 0.5) is 5.82 Å². The van der Waals surface area contributed by atoms with Crippen LogP contribution in [-0.2, 0) is 14.9 Å². The Hall–Kier alpha value is -4.46. The second-order valence-electron chi connectivity index (χ2n) is 12.4. The van der Waals surface area contributed by atoms with E-state index in [2.05, 4.69) is 44.1 Å². The lowest BCUT2D eigenvalue weighted by atomic mass is 9.83. The normalized spacial score (nSPS) is 22.3. The first-order valence-electron chi connectivity index (χ1n) is 15.6. The van der Waals surface area contributed by atoms with Gasteiger partial charge in [0.2, 0.25) is 5.91 Å². The number of fused-ring (bicyclic) bond motifs is 3. The molecule has 2 atom stereocenters. The molecule has 1 aromatic carbocycles. The number of carbonyl (C=O) groups is 1. The third kappa shape index (κ3) is 4.68. The van der Waals surface area contributed by atoms with Gasteiger partial charge in [0.15, 0.2) is 0 Å². The second-order valence-corrected chi connectivity index (χ2v) is 12.4. The van der Waals surface area contributed by atoms with Crippen molar-refractivity contribution in [3.05, 3.63) is 78.2 Å². The van der Waals surface area contributed by atoms with Crippen LogP contribution in [0.15, 0.2) is 67.1 Å². The molecule has 1 saturated carbocycles. The highest BCUT2D eigenvalue weighted by Crippen LogP contribution is 2.52. The molecular weight excluding hydrogens is 554 g/mol. The van der Waals surface area contributed by atoms with E-state index in [0.29, 0.717) is 23.8 Å². The number of nitrogens with zero attached hydrogens (tertiary/aromatic N) is 7. The zero-order chi connectivity index (χ0) is 29.7.